The molecule has 8 heteroatoms. The number of amides is 1. The Morgan fingerprint density at radius 1 is 1.14 bits per heavy atom. The molecule has 0 aliphatic rings. The third kappa shape index (κ3) is 4.12. The van der Waals surface area contributed by atoms with Gasteiger partial charge in [-0.2, -0.15) is 0 Å². The van der Waals surface area contributed by atoms with Crippen LogP contribution >= 0.6 is 15.9 Å². The van der Waals surface area contributed by atoms with E-state index in [1.54, 1.807) is 18.3 Å². The van der Waals surface area contributed by atoms with Crippen molar-refractivity contribution in [3.05, 3.63) is 88.4 Å². The van der Waals surface area contributed by atoms with Gasteiger partial charge in [0.2, 0.25) is 0 Å². The highest BCUT2D eigenvalue weighted by Crippen LogP contribution is 2.28. The van der Waals surface area contributed by atoms with Crippen LogP contribution in [0, 0.1) is 11.6 Å². The number of nitrogens with one attached hydrogen (secondary N) is 1. The van der Waals surface area contributed by atoms with Crippen molar-refractivity contribution in [2.75, 3.05) is 5.32 Å². The Morgan fingerprint density at radius 3 is 2.83 bits per heavy atom. The van der Waals surface area contributed by atoms with E-state index in [0.717, 1.165) is 22.0 Å². The van der Waals surface area contributed by atoms with E-state index in [1.807, 2.05) is 18.2 Å². The number of hydrogen-bond acceptors (Lipinski definition) is 4. The second-order valence-electron chi connectivity index (χ2n) is 6.08. The summed E-state index contributed by atoms with van der Waals surface area (Å²) in [6.07, 6.45) is 1.64. The monoisotopic (exact) mass is 458 g/mol. The Balaban J connectivity index is 1.47. The van der Waals surface area contributed by atoms with E-state index in [4.69, 9.17) is 9.15 Å². The summed E-state index contributed by atoms with van der Waals surface area (Å²) in [7, 11) is 0. The molecule has 0 bridgehead atoms. The minimum Gasteiger partial charge on any atom is -0.483 e. The molecule has 0 aliphatic carbocycles. The predicted molar refractivity (Wildman–Crippen MR) is 107 cm³/mol. The largest absolute Gasteiger partial charge is 0.483 e. The fourth-order valence-corrected chi connectivity index (χ4v) is 3.19. The Hall–Kier alpha value is -3.26. The number of benzene rings is 2. The summed E-state index contributed by atoms with van der Waals surface area (Å²) in [6.45, 7) is -0.112. The molecule has 0 spiro atoms. The summed E-state index contributed by atoms with van der Waals surface area (Å²) in [5.41, 5.74) is 1.17. The molecule has 0 atom stereocenters. The molecular weight excluding hydrogens is 446 g/mol. The molecule has 4 rings (SSSR count). The van der Waals surface area contributed by atoms with Gasteiger partial charge in [0, 0.05) is 22.1 Å². The van der Waals surface area contributed by atoms with Gasteiger partial charge in [0.15, 0.2) is 17.3 Å². The van der Waals surface area contributed by atoms with Crippen LogP contribution in [0.15, 0.2) is 69.7 Å². The number of anilines is 1. The van der Waals surface area contributed by atoms with E-state index < -0.39 is 17.5 Å². The second-order valence-corrected chi connectivity index (χ2v) is 6.93. The zero-order valence-corrected chi connectivity index (χ0v) is 16.4. The van der Waals surface area contributed by atoms with Crippen LogP contribution in [0.2, 0.25) is 0 Å². The summed E-state index contributed by atoms with van der Waals surface area (Å²) in [5.74, 6) is -1.70. The first-order valence-corrected chi connectivity index (χ1v) is 9.32. The number of carbonyl (C=O) groups is 1. The van der Waals surface area contributed by atoms with Crippen molar-refractivity contribution in [3.8, 4) is 5.75 Å². The van der Waals surface area contributed by atoms with E-state index in [2.05, 4.69) is 26.2 Å². The Morgan fingerprint density at radius 2 is 2.00 bits per heavy atom. The molecule has 29 heavy (non-hydrogen) atoms. The standard InChI is InChI=1S/C21H13BrF2N2O3/c22-15-5-6-17(20-14(15)2-1-9-25-20)26-21(27)19-8-4-13(29-19)11-28-18-7-3-12(23)10-16(18)24/h1-10H,11H2,(H,26,27). The van der Waals surface area contributed by atoms with E-state index >= 15 is 0 Å². The van der Waals surface area contributed by atoms with Crippen LogP contribution in [-0.4, -0.2) is 10.9 Å². The molecule has 0 saturated heterocycles. The van der Waals surface area contributed by atoms with E-state index in [9.17, 15) is 13.6 Å². The van der Waals surface area contributed by atoms with Gasteiger partial charge in [0.05, 0.1) is 11.2 Å². The number of furan rings is 1. The van der Waals surface area contributed by atoms with Gasteiger partial charge < -0.3 is 14.5 Å². The maximum atomic E-state index is 13.6. The van der Waals surface area contributed by atoms with Gasteiger partial charge in [-0.1, -0.05) is 22.0 Å². The number of halogens is 3. The SMILES string of the molecule is O=C(Nc1ccc(Br)c2cccnc12)c1ccc(COc2ccc(F)cc2F)o1. The number of pyridine rings is 1. The highest BCUT2D eigenvalue weighted by atomic mass is 79.9. The Bertz CT molecular complexity index is 1210. The molecule has 1 N–H and O–H groups in total. The van der Waals surface area contributed by atoms with Gasteiger partial charge in [0.1, 0.15) is 18.2 Å². The summed E-state index contributed by atoms with van der Waals surface area (Å²) in [6, 6.07) is 13.3. The number of rotatable bonds is 5. The van der Waals surface area contributed by atoms with Gasteiger partial charge >= 0.3 is 0 Å². The quantitative estimate of drug-likeness (QED) is 0.416. The van der Waals surface area contributed by atoms with E-state index in [-0.39, 0.29) is 18.1 Å². The van der Waals surface area contributed by atoms with Crippen LogP contribution in [0.5, 0.6) is 5.75 Å². The molecule has 0 saturated carbocycles. The van der Waals surface area contributed by atoms with Crippen LogP contribution < -0.4 is 10.1 Å². The number of aromatic nitrogens is 1. The van der Waals surface area contributed by atoms with Crippen LogP contribution in [0.1, 0.15) is 16.3 Å². The predicted octanol–water partition coefficient (Wildman–Crippen LogP) is 5.70. The fraction of sp³-hybridized carbons (Fsp3) is 0.0476. The molecule has 0 aliphatic heterocycles. The van der Waals surface area contributed by atoms with Gasteiger partial charge in [-0.15, -0.1) is 0 Å². The van der Waals surface area contributed by atoms with E-state index in [1.165, 1.54) is 12.1 Å². The smallest absolute Gasteiger partial charge is 0.291 e. The average molecular weight is 459 g/mol. The third-order valence-corrected chi connectivity index (χ3v) is 4.81. The lowest BCUT2D eigenvalue weighted by molar-refractivity contribution is 0.0992. The van der Waals surface area contributed by atoms with Crippen molar-refractivity contribution in [2.45, 2.75) is 6.61 Å². The lowest BCUT2D eigenvalue weighted by Crippen LogP contribution is -2.11. The number of hydrogen-bond donors (Lipinski definition) is 1. The lowest BCUT2D eigenvalue weighted by Gasteiger charge is -2.08. The molecule has 0 fully saturated rings. The van der Waals surface area contributed by atoms with Crippen LogP contribution in [0.4, 0.5) is 14.5 Å². The zero-order chi connectivity index (χ0) is 20.4. The first-order chi connectivity index (χ1) is 14.0. The molecule has 5 nitrogen and oxygen atoms in total. The number of carbonyl (C=O) groups excluding carboxylic acids is 1. The van der Waals surface area contributed by atoms with Crippen LogP contribution in [-0.2, 0) is 6.61 Å². The van der Waals surface area contributed by atoms with Crippen LogP contribution in [0.3, 0.4) is 0 Å². The highest BCUT2D eigenvalue weighted by molar-refractivity contribution is 9.10. The maximum Gasteiger partial charge on any atom is 0.291 e. The minimum atomic E-state index is -0.816. The normalized spacial score (nSPS) is 10.9. The molecule has 0 unspecified atom stereocenters. The first kappa shape index (κ1) is 19.1. The molecule has 2 heterocycles. The number of nitrogens with zero attached hydrogens (tertiary/aromatic N) is 1. The average Bonchev–Trinajstić information content (AvgIpc) is 3.19. The number of fused-ring (bicyclic) bond motifs is 1. The summed E-state index contributed by atoms with van der Waals surface area (Å²) in [5, 5.41) is 3.63. The maximum absolute atomic E-state index is 13.6. The Labute approximate surface area is 172 Å². The molecule has 0 radical (unpaired) electrons. The van der Waals surface area contributed by atoms with Crippen molar-refractivity contribution in [1.29, 1.82) is 0 Å². The molecule has 146 valence electrons. The fourth-order valence-electron chi connectivity index (χ4n) is 2.74. The van der Waals surface area contributed by atoms with Gasteiger partial charge in [-0.3, -0.25) is 9.78 Å². The highest BCUT2D eigenvalue weighted by Gasteiger charge is 2.15. The first-order valence-electron chi connectivity index (χ1n) is 8.52. The van der Waals surface area contributed by atoms with Crippen LogP contribution in [0.25, 0.3) is 10.9 Å². The molecule has 2 aromatic heterocycles. The van der Waals surface area contributed by atoms with Crippen molar-refractivity contribution in [3.63, 3.8) is 0 Å². The topological polar surface area (TPSA) is 64.4 Å². The second kappa shape index (κ2) is 8.00. The lowest BCUT2D eigenvalue weighted by atomic mass is 10.2. The minimum absolute atomic E-state index is 0.0650. The van der Waals surface area contributed by atoms with Crippen molar-refractivity contribution in [2.24, 2.45) is 0 Å². The van der Waals surface area contributed by atoms with Gasteiger partial charge in [-0.05, 0) is 42.5 Å². The van der Waals surface area contributed by atoms with Crippen molar-refractivity contribution >= 4 is 38.4 Å². The van der Waals surface area contributed by atoms with Crippen molar-refractivity contribution in [1.82, 2.24) is 4.98 Å². The zero-order valence-electron chi connectivity index (χ0n) is 14.8. The Kier molecular flexibility index (Phi) is 5.26. The molecular formula is C21H13BrF2N2O3. The van der Waals surface area contributed by atoms with Gasteiger partial charge in [-0.25, -0.2) is 8.78 Å². The van der Waals surface area contributed by atoms with Crippen molar-refractivity contribution < 1.29 is 22.7 Å². The van der Waals surface area contributed by atoms with Gasteiger partial charge in [0.25, 0.3) is 5.91 Å². The summed E-state index contributed by atoms with van der Waals surface area (Å²) >= 11 is 3.46. The summed E-state index contributed by atoms with van der Waals surface area (Å²) in [4.78, 5) is 16.8. The summed E-state index contributed by atoms with van der Waals surface area (Å²) < 4.78 is 38.2. The third-order valence-electron chi connectivity index (χ3n) is 4.11. The van der Waals surface area contributed by atoms with E-state index in [0.29, 0.717) is 17.0 Å². The number of ether oxygens (including phenoxy) is 1. The molecule has 4 aromatic rings. The molecule has 2 aromatic carbocycles. The molecule has 1 amide bonds.